The normalized spacial score (nSPS) is 10.5. The number of aryl methyl sites for hydroxylation is 1. The SMILES string of the molecule is Cc1cnc2cncc(Br)c2c1. The van der Waals surface area contributed by atoms with E-state index in [0.29, 0.717) is 0 Å². The van der Waals surface area contributed by atoms with E-state index in [9.17, 15) is 0 Å². The number of hydrogen-bond donors (Lipinski definition) is 0. The molecule has 0 atom stereocenters. The summed E-state index contributed by atoms with van der Waals surface area (Å²) in [7, 11) is 0. The molecular formula is C9H7BrN2. The van der Waals surface area contributed by atoms with Crippen molar-refractivity contribution in [2.45, 2.75) is 6.92 Å². The summed E-state index contributed by atoms with van der Waals surface area (Å²) < 4.78 is 0.996. The molecule has 0 aromatic carbocycles. The third-order valence-corrected chi connectivity index (χ3v) is 2.33. The minimum absolute atomic E-state index is 0.926. The summed E-state index contributed by atoms with van der Waals surface area (Å²) >= 11 is 3.43. The molecule has 0 radical (unpaired) electrons. The molecule has 0 spiro atoms. The Balaban J connectivity index is 2.88. The van der Waals surface area contributed by atoms with Gasteiger partial charge in [0.05, 0.1) is 11.7 Å². The van der Waals surface area contributed by atoms with Crippen LogP contribution < -0.4 is 0 Å². The van der Waals surface area contributed by atoms with E-state index < -0.39 is 0 Å². The highest BCUT2D eigenvalue weighted by atomic mass is 79.9. The lowest BCUT2D eigenvalue weighted by molar-refractivity contribution is 1.27. The molecule has 0 saturated heterocycles. The fraction of sp³-hybridized carbons (Fsp3) is 0.111. The van der Waals surface area contributed by atoms with Crippen molar-refractivity contribution in [3.05, 3.63) is 34.7 Å². The third-order valence-electron chi connectivity index (χ3n) is 1.70. The standard InChI is InChI=1S/C9H7BrN2/c1-6-2-7-8(10)4-11-5-9(7)12-3-6/h2-5H,1H3. The molecule has 2 aromatic rings. The van der Waals surface area contributed by atoms with Gasteiger partial charge in [-0.15, -0.1) is 0 Å². The van der Waals surface area contributed by atoms with Crippen molar-refractivity contribution in [3.8, 4) is 0 Å². The molecule has 0 fully saturated rings. The van der Waals surface area contributed by atoms with Crippen LogP contribution in [0.3, 0.4) is 0 Å². The Morgan fingerprint density at radius 2 is 2.08 bits per heavy atom. The van der Waals surface area contributed by atoms with Gasteiger partial charge in [0.2, 0.25) is 0 Å². The van der Waals surface area contributed by atoms with Crippen molar-refractivity contribution >= 4 is 26.8 Å². The van der Waals surface area contributed by atoms with Crippen LogP contribution in [0.15, 0.2) is 29.1 Å². The molecule has 2 aromatic heterocycles. The largest absolute Gasteiger partial charge is 0.261 e. The molecule has 0 aliphatic heterocycles. The van der Waals surface area contributed by atoms with E-state index in [1.165, 1.54) is 0 Å². The zero-order valence-corrected chi connectivity index (χ0v) is 8.17. The Hall–Kier alpha value is -0.960. The van der Waals surface area contributed by atoms with Crippen molar-refractivity contribution in [1.29, 1.82) is 0 Å². The van der Waals surface area contributed by atoms with Crippen LogP contribution in [0, 0.1) is 6.92 Å². The monoisotopic (exact) mass is 222 g/mol. The zero-order chi connectivity index (χ0) is 8.55. The fourth-order valence-corrected chi connectivity index (χ4v) is 1.55. The third kappa shape index (κ3) is 1.20. The fourth-order valence-electron chi connectivity index (χ4n) is 1.12. The quantitative estimate of drug-likeness (QED) is 0.686. The first-order valence-corrected chi connectivity index (χ1v) is 4.42. The summed E-state index contributed by atoms with van der Waals surface area (Å²) in [5, 5.41) is 1.12. The Kier molecular flexibility index (Phi) is 1.81. The molecule has 0 saturated carbocycles. The molecule has 0 amide bonds. The van der Waals surface area contributed by atoms with E-state index in [2.05, 4.69) is 32.0 Å². The average Bonchev–Trinajstić information content (AvgIpc) is 2.07. The predicted octanol–water partition coefficient (Wildman–Crippen LogP) is 2.70. The number of halogens is 1. The molecular weight excluding hydrogens is 216 g/mol. The number of aromatic nitrogens is 2. The van der Waals surface area contributed by atoms with Gasteiger partial charge in [-0.3, -0.25) is 9.97 Å². The lowest BCUT2D eigenvalue weighted by Crippen LogP contribution is -1.83. The van der Waals surface area contributed by atoms with Crippen molar-refractivity contribution in [1.82, 2.24) is 9.97 Å². The number of nitrogens with zero attached hydrogens (tertiary/aromatic N) is 2. The van der Waals surface area contributed by atoms with Crippen LogP contribution in [-0.2, 0) is 0 Å². The molecule has 0 unspecified atom stereocenters. The number of rotatable bonds is 0. The van der Waals surface area contributed by atoms with E-state index in [1.807, 2.05) is 13.1 Å². The summed E-state index contributed by atoms with van der Waals surface area (Å²) in [6.07, 6.45) is 5.39. The van der Waals surface area contributed by atoms with Gasteiger partial charge in [0.15, 0.2) is 0 Å². The molecule has 60 valence electrons. The highest BCUT2D eigenvalue weighted by Gasteiger charge is 1.98. The van der Waals surface area contributed by atoms with E-state index >= 15 is 0 Å². The smallest absolute Gasteiger partial charge is 0.0896 e. The van der Waals surface area contributed by atoms with Crippen molar-refractivity contribution in [2.24, 2.45) is 0 Å². The second-order valence-electron chi connectivity index (χ2n) is 2.70. The van der Waals surface area contributed by atoms with Crippen LogP contribution in [0.1, 0.15) is 5.56 Å². The first kappa shape index (κ1) is 7.68. The second kappa shape index (κ2) is 2.83. The Morgan fingerprint density at radius 3 is 2.92 bits per heavy atom. The maximum atomic E-state index is 4.25. The van der Waals surface area contributed by atoms with E-state index in [-0.39, 0.29) is 0 Å². The summed E-state index contributed by atoms with van der Waals surface area (Å²) in [5.74, 6) is 0. The molecule has 2 nitrogen and oxygen atoms in total. The first-order valence-electron chi connectivity index (χ1n) is 3.63. The van der Waals surface area contributed by atoms with Gasteiger partial charge in [-0.1, -0.05) is 0 Å². The molecule has 0 bridgehead atoms. The maximum Gasteiger partial charge on any atom is 0.0896 e. The highest BCUT2D eigenvalue weighted by molar-refractivity contribution is 9.10. The highest BCUT2D eigenvalue weighted by Crippen LogP contribution is 2.21. The number of fused-ring (bicyclic) bond motifs is 1. The molecule has 12 heavy (non-hydrogen) atoms. The van der Waals surface area contributed by atoms with E-state index in [1.54, 1.807) is 12.4 Å². The van der Waals surface area contributed by atoms with E-state index in [0.717, 1.165) is 20.9 Å². The van der Waals surface area contributed by atoms with Gasteiger partial charge >= 0.3 is 0 Å². The predicted molar refractivity (Wildman–Crippen MR) is 52.0 cm³/mol. The van der Waals surface area contributed by atoms with Crippen molar-refractivity contribution in [2.75, 3.05) is 0 Å². The van der Waals surface area contributed by atoms with Gasteiger partial charge in [-0.2, -0.15) is 0 Å². The number of hydrogen-bond acceptors (Lipinski definition) is 2. The maximum absolute atomic E-state index is 4.25. The average molecular weight is 223 g/mol. The van der Waals surface area contributed by atoms with Gasteiger partial charge in [-0.25, -0.2) is 0 Å². The van der Waals surface area contributed by atoms with Crippen LogP contribution in [0.2, 0.25) is 0 Å². The van der Waals surface area contributed by atoms with Gasteiger partial charge in [-0.05, 0) is 34.5 Å². The van der Waals surface area contributed by atoms with Crippen LogP contribution in [-0.4, -0.2) is 9.97 Å². The van der Waals surface area contributed by atoms with Gasteiger partial charge in [0.1, 0.15) is 0 Å². The van der Waals surface area contributed by atoms with Crippen LogP contribution in [0.25, 0.3) is 10.9 Å². The van der Waals surface area contributed by atoms with Gasteiger partial charge in [0, 0.05) is 22.3 Å². The Labute approximate surface area is 78.8 Å². The van der Waals surface area contributed by atoms with Crippen LogP contribution in [0.4, 0.5) is 0 Å². The molecule has 2 rings (SSSR count). The Bertz CT molecular complexity index is 426. The molecule has 0 aliphatic carbocycles. The minimum Gasteiger partial charge on any atom is -0.261 e. The van der Waals surface area contributed by atoms with Crippen molar-refractivity contribution < 1.29 is 0 Å². The Morgan fingerprint density at radius 1 is 1.25 bits per heavy atom. The molecule has 0 aliphatic rings. The topological polar surface area (TPSA) is 25.8 Å². The van der Waals surface area contributed by atoms with Crippen LogP contribution >= 0.6 is 15.9 Å². The zero-order valence-electron chi connectivity index (χ0n) is 6.58. The molecule has 0 N–H and O–H groups in total. The molecule has 2 heterocycles. The summed E-state index contributed by atoms with van der Waals surface area (Å²) in [6, 6.07) is 2.09. The van der Waals surface area contributed by atoms with Crippen molar-refractivity contribution in [3.63, 3.8) is 0 Å². The first-order chi connectivity index (χ1) is 5.77. The second-order valence-corrected chi connectivity index (χ2v) is 3.56. The molecule has 3 heteroatoms. The van der Waals surface area contributed by atoms with E-state index in [4.69, 9.17) is 0 Å². The number of pyridine rings is 2. The van der Waals surface area contributed by atoms with Crippen LogP contribution in [0.5, 0.6) is 0 Å². The summed E-state index contributed by atoms with van der Waals surface area (Å²) in [6.45, 7) is 2.03. The van der Waals surface area contributed by atoms with Gasteiger partial charge in [0.25, 0.3) is 0 Å². The lowest BCUT2D eigenvalue weighted by Gasteiger charge is -1.99. The van der Waals surface area contributed by atoms with Gasteiger partial charge < -0.3 is 0 Å². The summed E-state index contributed by atoms with van der Waals surface area (Å²) in [5.41, 5.74) is 2.09. The lowest BCUT2D eigenvalue weighted by atomic mass is 10.2. The minimum atomic E-state index is 0.926. The summed E-state index contributed by atoms with van der Waals surface area (Å²) in [4.78, 5) is 8.28.